The van der Waals surface area contributed by atoms with E-state index in [9.17, 15) is 0 Å². The molecule has 1 N–H and O–H groups in total. The molecule has 0 unspecified atom stereocenters. The molecule has 0 bridgehead atoms. The zero-order chi connectivity index (χ0) is 13.4. The van der Waals surface area contributed by atoms with Gasteiger partial charge in [0.1, 0.15) is 0 Å². The molecule has 96 valence electrons. The molecule has 1 aromatic rings. The summed E-state index contributed by atoms with van der Waals surface area (Å²) < 4.78 is 1.90. The third-order valence-electron chi connectivity index (χ3n) is 3.14. The van der Waals surface area contributed by atoms with Crippen LogP contribution in [0.4, 0.5) is 0 Å². The smallest absolute Gasteiger partial charge is 0.0669 e. The van der Waals surface area contributed by atoms with Crippen LogP contribution in [0.1, 0.15) is 32.7 Å². The average molecular weight is 245 g/mol. The number of nitrogens with one attached hydrogen (secondary N) is 1. The molecule has 0 spiro atoms. The van der Waals surface area contributed by atoms with Crippen molar-refractivity contribution in [2.75, 3.05) is 6.54 Å². The maximum absolute atomic E-state index is 8.97. The van der Waals surface area contributed by atoms with Crippen LogP contribution in [0, 0.1) is 28.6 Å². The van der Waals surface area contributed by atoms with Crippen molar-refractivity contribution in [3.05, 3.63) is 18.5 Å². The van der Waals surface area contributed by atoms with Crippen molar-refractivity contribution in [3.8, 4) is 12.1 Å². The van der Waals surface area contributed by atoms with E-state index in [4.69, 9.17) is 10.5 Å². The lowest BCUT2D eigenvalue weighted by Crippen LogP contribution is -2.36. The largest absolute Gasteiger partial charge is 0.311 e. The summed E-state index contributed by atoms with van der Waals surface area (Å²) in [7, 11) is 0. The van der Waals surface area contributed by atoms with E-state index in [0.29, 0.717) is 19.4 Å². The van der Waals surface area contributed by atoms with E-state index in [1.807, 2.05) is 16.9 Å². The highest BCUT2D eigenvalue weighted by molar-refractivity contribution is 4.89. The van der Waals surface area contributed by atoms with Gasteiger partial charge in [-0.25, -0.2) is 0 Å². The Labute approximate surface area is 108 Å². The van der Waals surface area contributed by atoms with Gasteiger partial charge < -0.3 is 5.32 Å². The van der Waals surface area contributed by atoms with Crippen molar-refractivity contribution in [2.24, 2.45) is 5.92 Å². The Hall–Kier alpha value is -1.85. The van der Waals surface area contributed by atoms with Crippen molar-refractivity contribution in [1.29, 1.82) is 10.5 Å². The molecule has 1 heterocycles. The molecule has 0 fully saturated rings. The Balaban J connectivity index is 2.38. The summed E-state index contributed by atoms with van der Waals surface area (Å²) >= 11 is 0. The maximum Gasteiger partial charge on any atom is 0.0669 e. The van der Waals surface area contributed by atoms with Crippen molar-refractivity contribution in [2.45, 2.75) is 38.8 Å². The van der Waals surface area contributed by atoms with Gasteiger partial charge in [-0.3, -0.25) is 4.68 Å². The van der Waals surface area contributed by atoms with Crippen LogP contribution in [0.5, 0.6) is 0 Å². The zero-order valence-corrected chi connectivity index (χ0v) is 10.9. The average Bonchev–Trinajstić information content (AvgIpc) is 2.91. The van der Waals surface area contributed by atoms with Gasteiger partial charge in [-0.2, -0.15) is 15.6 Å². The first kappa shape index (κ1) is 14.2. The van der Waals surface area contributed by atoms with E-state index in [-0.39, 0.29) is 18.0 Å². The van der Waals surface area contributed by atoms with E-state index in [1.54, 1.807) is 6.20 Å². The highest BCUT2D eigenvalue weighted by Gasteiger charge is 2.15. The Morgan fingerprint density at radius 2 is 2.17 bits per heavy atom. The second-order valence-electron chi connectivity index (χ2n) is 4.45. The number of hydrogen-bond donors (Lipinski definition) is 1. The Morgan fingerprint density at radius 1 is 1.39 bits per heavy atom. The summed E-state index contributed by atoms with van der Waals surface area (Å²) in [4.78, 5) is 0. The van der Waals surface area contributed by atoms with Gasteiger partial charge in [-0.1, -0.05) is 0 Å². The van der Waals surface area contributed by atoms with Crippen molar-refractivity contribution in [1.82, 2.24) is 15.1 Å². The maximum atomic E-state index is 8.97. The quantitative estimate of drug-likeness (QED) is 0.795. The lowest BCUT2D eigenvalue weighted by atomic mass is 10.0. The molecule has 0 aliphatic heterocycles. The van der Waals surface area contributed by atoms with Crippen LogP contribution in [-0.4, -0.2) is 22.4 Å². The molecule has 5 nitrogen and oxygen atoms in total. The summed E-state index contributed by atoms with van der Waals surface area (Å²) in [5.41, 5.74) is 0. The standard InChI is InChI=1S/C13H19N5/c1-11(12(2)18-8-4-7-17-18)16-10-13(9-15)5-3-6-14/h4,7-8,11-13,16H,3,5,10H2,1-2H3/t11-,12+,13-/m0/s1. The summed E-state index contributed by atoms with van der Waals surface area (Å²) in [5, 5.41) is 25.0. The van der Waals surface area contributed by atoms with Crippen molar-refractivity contribution in [3.63, 3.8) is 0 Å². The van der Waals surface area contributed by atoms with Gasteiger partial charge in [-0.05, 0) is 26.3 Å². The fourth-order valence-electron chi connectivity index (χ4n) is 1.70. The molecular weight excluding hydrogens is 226 g/mol. The van der Waals surface area contributed by atoms with Gasteiger partial charge in [0.2, 0.25) is 0 Å². The monoisotopic (exact) mass is 245 g/mol. The molecule has 0 aliphatic rings. The fraction of sp³-hybridized carbons (Fsp3) is 0.615. The zero-order valence-electron chi connectivity index (χ0n) is 10.9. The first-order valence-corrected chi connectivity index (χ1v) is 6.18. The highest BCUT2D eigenvalue weighted by Crippen LogP contribution is 2.10. The van der Waals surface area contributed by atoms with Crippen LogP contribution < -0.4 is 5.32 Å². The molecule has 0 saturated heterocycles. The van der Waals surface area contributed by atoms with E-state index >= 15 is 0 Å². The second kappa shape index (κ2) is 7.47. The van der Waals surface area contributed by atoms with Crippen LogP contribution >= 0.6 is 0 Å². The fourth-order valence-corrected chi connectivity index (χ4v) is 1.70. The minimum Gasteiger partial charge on any atom is -0.311 e. The SMILES string of the molecule is C[C@H](NC[C@H](C#N)CCC#N)[C@@H](C)n1cccn1. The third kappa shape index (κ3) is 4.20. The Morgan fingerprint density at radius 3 is 2.72 bits per heavy atom. The van der Waals surface area contributed by atoms with Gasteiger partial charge in [0.25, 0.3) is 0 Å². The van der Waals surface area contributed by atoms with Crippen LogP contribution in [-0.2, 0) is 0 Å². The van der Waals surface area contributed by atoms with Crippen molar-refractivity contribution >= 4 is 0 Å². The number of nitrogens with zero attached hydrogens (tertiary/aromatic N) is 4. The molecule has 18 heavy (non-hydrogen) atoms. The topological polar surface area (TPSA) is 77.4 Å². The lowest BCUT2D eigenvalue weighted by molar-refractivity contribution is 0.352. The molecule has 0 radical (unpaired) electrons. The minimum absolute atomic E-state index is 0.100. The normalized spacial score (nSPS) is 15.3. The van der Waals surface area contributed by atoms with Gasteiger partial charge in [0.05, 0.1) is 24.1 Å². The molecule has 1 rings (SSSR count). The van der Waals surface area contributed by atoms with E-state index in [0.717, 1.165) is 0 Å². The van der Waals surface area contributed by atoms with Crippen LogP contribution in [0.2, 0.25) is 0 Å². The Kier molecular flexibility index (Phi) is 5.90. The lowest BCUT2D eigenvalue weighted by Gasteiger charge is -2.22. The van der Waals surface area contributed by atoms with Crippen molar-refractivity contribution < 1.29 is 0 Å². The molecule has 3 atom stereocenters. The van der Waals surface area contributed by atoms with E-state index in [1.165, 1.54) is 0 Å². The van der Waals surface area contributed by atoms with Gasteiger partial charge in [0, 0.05) is 31.4 Å². The first-order chi connectivity index (χ1) is 8.69. The number of aromatic nitrogens is 2. The highest BCUT2D eigenvalue weighted by atomic mass is 15.3. The number of nitriles is 2. The Bertz CT molecular complexity index is 412. The molecule has 0 amide bonds. The molecule has 0 saturated carbocycles. The van der Waals surface area contributed by atoms with Gasteiger partial charge in [0.15, 0.2) is 0 Å². The summed E-state index contributed by atoms with van der Waals surface area (Å²) in [6.45, 7) is 4.78. The minimum atomic E-state index is -0.100. The number of hydrogen-bond acceptors (Lipinski definition) is 4. The molecule has 0 aromatic carbocycles. The van der Waals surface area contributed by atoms with E-state index < -0.39 is 0 Å². The molecule has 1 aromatic heterocycles. The third-order valence-corrected chi connectivity index (χ3v) is 3.14. The summed E-state index contributed by atoms with van der Waals surface area (Å²) in [5.74, 6) is -0.100. The second-order valence-corrected chi connectivity index (χ2v) is 4.45. The summed E-state index contributed by atoms with van der Waals surface area (Å²) in [6, 6.07) is 6.66. The number of rotatable bonds is 7. The van der Waals surface area contributed by atoms with Gasteiger partial charge >= 0.3 is 0 Å². The predicted molar refractivity (Wildman–Crippen MR) is 68.4 cm³/mol. The summed E-state index contributed by atoms with van der Waals surface area (Å²) in [6.07, 6.45) is 4.75. The molecule has 5 heteroatoms. The van der Waals surface area contributed by atoms with Crippen LogP contribution in [0.25, 0.3) is 0 Å². The van der Waals surface area contributed by atoms with Crippen LogP contribution in [0.3, 0.4) is 0 Å². The first-order valence-electron chi connectivity index (χ1n) is 6.18. The van der Waals surface area contributed by atoms with Gasteiger partial charge in [-0.15, -0.1) is 0 Å². The van der Waals surface area contributed by atoms with Crippen LogP contribution in [0.15, 0.2) is 18.5 Å². The predicted octanol–water partition coefficient (Wildman–Crippen LogP) is 1.87. The van der Waals surface area contributed by atoms with E-state index in [2.05, 4.69) is 36.4 Å². The molecule has 0 aliphatic carbocycles. The molecular formula is C13H19N5.